The first-order chi connectivity index (χ1) is 18.3. The molecule has 0 atom stereocenters. The van der Waals surface area contributed by atoms with E-state index in [1.807, 2.05) is 0 Å². The Hall–Kier alpha value is -1.96. The molecule has 0 aromatic heterocycles. The summed E-state index contributed by atoms with van der Waals surface area (Å²) in [6, 6.07) is 17.2. The molecule has 0 radical (unpaired) electrons. The third-order valence-corrected chi connectivity index (χ3v) is 7.88. The molecule has 0 saturated heterocycles. The van der Waals surface area contributed by atoms with E-state index in [4.69, 9.17) is 9.47 Å². The largest absolute Gasteiger partial charge is 0.497 e. The number of unbranched alkanes of at least 4 members (excludes halogenated alkanes) is 17. The van der Waals surface area contributed by atoms with Crippen molar-refractivity contribution in [3.8, 4) is 11.5 Å². The van der Waals surface area contributed by atoms with Gasteiger partial charge in [0, 0.05) is 5.92 Å². The molecule has 37 heavy (non-hydrogen) atoms. The second kappa shape index (κ2) is 21.0. The first kappa shape index (κ1) is 31.3. The topological polar surface area (TPSA) is 18.5 Å². The number of methoxy groups -OCH3 is 2. The van der Waals surface area contributed by atoms with E-state index in [-0.39, 0.29) is 0 Å². The molecule has 0 saturated carbocycles. The van der Waals surface area contributed by atoms with E-state index in [9.17, 15) is 0 Å². The van der Waals surface area contributed by atoms with Crippen molar-refractivity contribution in [1.82, 2.24) is 0 Å². The van der Waals surface area contributed by atoms with E-state index >= 15 is 0 Å². The first-order valence-corrected chi connectivity index (χ1v) is 15.6. The van der Waals surface area contributed by atoms with Crippen molar-refractivity contribution in [2.45, 2.75) is 135 Å². The van der Waals surface area contributed by atoms with Crippen LogP contribution in [0.4, 0.5) is 0 Å². The Bertz CT molecular complexity index is 717. The van der Waals surface area contributed by atoms with Crippen LogP contribution < -0.4 is 9.47 Å². The lowest BCUT2D eigenvalue weighted by molar-refractivity contribution is 0.414. The Morgan fingerprint density at radius 1 is 0.432 bits per heavy atom. The molecule has 0 heterocycles. The zero-order chi connectivity index (χ0) is 26.4. The van der Waals surface area contributed by atoms with Gasteiger partial charge in [-0.25, -0.2) is 0 Å². The first-order valence-electron chi connectivity index (χ1n) is 15.6. The number of benzene rings is 2. The third-order valence-electron chi connectivity index (χ3n) is 7.88. The van der Waals surface area contributed by atoms with Crippen LogP contribution in [0.2, 0.25) is 0 Å². The van der Waals surface area contributed by atoms with E-state index in [1.54, 1.807) is 14.2 Å². The predicted molar refractivity (Wildman–Crippen MR) is 161 cm³/mol. The number of rotatable bonds is 23. The van der Waals surface area contributed by atoms with Gasteiger partial charge in [-0.15, -0.1) is 0 Å². The molecule has 2 rings (SSSR count). The molecular weight excluding hydrogens is 452 g/mol. The Kier molecular flexibility index (Phi) is 17.8. The number of hydrogen-bond acceptors (Lipinski definition) is 2. The normalized spacial score (nSPS) is 11.2. The molecule has 2 aromatic carbocycles. The van der Waals surface area contributed by atoms with Gasteiger partial charge in [-0.05, 0) is 41.8 Å². The summed E-state index contributed by atoms with van der Waals surface area (Å²) in [5.74, 6) is 2.27. The van der Waals surface area contributed by atoms with Crippen LogP contribution >= 0.6 is 0 Å². The highest BCUT2D eigenvalue weighted by atomic mass is 16.5. The second-order valence-corrected chi connectivity index (χ2v) is 10.9. The van der Waals surface area contributed by atoms with Gasteiger partial charge in [0.1, 0.15) is 11.5 Å². The average molecular weight is 509 g/mol. The van der Waals surface area contributed by atoms with Crippen molar-refractivity contribution in [3.63, 3.8) is 0 Å². The summed E-state index contributed by atoms with van der Waals surface area (Å²) in [5, 5.41) is 0. The maximum atomic E-state index is 5.37. The lowest BCUT2D eigenvalue weighted by Crippen LogP contribution is -2.02. The number of ether oxygens (including phenoxy) is 2. The molecule has 0 unspecified atom stereocenters. The predicted octanol–water partition coefficient (Wildman–Crippen LogP) is 11.3. The van der Waals surface area contributed by atoms with Crippen molar-refractivity contribution in [2.75, 3.05) is 14.2 Å². The Morgan fingerprint density at radius 2 is 0.730 bits per heavy atom. The molecule has 0 fully saturated rings. The maximum Gasteiger partial charge on any atom is 0.118 e. The zero-order valence-corrected chi connectivity index (χ0v) is 24.4. The molecule has 0 amide bonds. The van der Waals surface area contributed by atoms with Gasteiger partial charge in [0.05, 0.1) is 14.2 Å². The summed E-state index contributed by atoms with van der Waals surface area (Å²) >= 11 is 0. The molecule has 0 spiro atoms. The quantitative estimate of drug-likeness (QED) is 0.139. The van der Waals surface area contributed by atoms with Gasteiger partial charge in [-0.1, -0.05) is 147 Å². The zero-order valence-electron chi connectivity index (χ0n) is 24.4. The van der Waals surface area contributed by atoms with Crippen LogP contribution in [0, 0.1) is 0 Å². The van der Waals surface area contributed by atoms with Gasteiger partial charge >= 0.3 is 0 Å². The molecule has 2 nitrogen and oxygen atoms in total. The molecule has 0 N–H and O–H groups in total. The maximum absolute atomic E-state index is 5.37. The third kappa shape index (κ3) is 14.0. The van der Waals surface area contributed by atoms with Crippen LogP contribution in [-0.2, 0) is 0 Å². The van der Waals surface area contributed by atoms with Crippen molar-refractivity contribution in [1.29, 1.82) is 0 Å². The van der Waals surface area contributed by atoms with E-state index in [1.165, 1.54) is 133 Å². The van der Waals surface area contributed by atoms with E-state index < -0.39 is 0 Å². The smallest absolute Gasteiger partial charge is 0.118 e. The summed E-state index contributed by atoms with van der Waals surface area (Å²) < 4.78 is 10.7. The molecule has 2 aromatic rings. The summed E-state index contributed by atoms with van der Waals surface area (Å²) in [5.41, 5.74) is 2.75. The minimum Gasteiger partial charge on any atom is -0.497 e. The monoisotopic (exact) mass is 508 g/mol. The summed E-state index contributed by atoms with van der Waals surface area (Å²) in [7, 11) is 3.46. The van der Waals surface area contributed by atoms with E-state index in [2.05, 4.69) is 55.5 Å². The molecule has 2 heteroatoms. The molecule has 0 aliphatic rings. The summed E-state index contributed by atoms with van der Waals surface area (Å²) in [6.07, 6.45) is 26.7. The lowest BCUT2D eigenvalue weighted by atomic mass is 9.86. The van der Waals surface area contributed by atoms with Gasteiger partial charge in [-0.3, -0.25) is 0 Å². The molecule has 0 bridgehead atoms. The minimum atomic E-state index is 0.429. The van der Waals surface area contributed by atoms with Crippen molar-refractivity contribution in [2.24, 2.45) is 0 Å². The van der Waals surface area contributed by atoms with Gasteiger partial charge in [-0.2, -0.15) is 0 Å². The molecule has 0 aliphatic heterocycles. The molecule has 0 aliphatic carbocycles. The highest BCUT2D eigenvalue weighted by Gasteiger charge is 2.14. The average Bonchev–Trinajstić information content (AvgIpc) is 2.94. The molecule has 208 valence electrons. The Morgan fingerprint density at radius 3 is 1.03 bits per heavy atom. The van der Waals surface area contributed by atoms with Crippen molar-refractivity contribution < 1.29 is 9.47 Å². The van der Waals surface area contributed by atoms with Gasteiger partial charge in [0.25, 0.3) is 0 Å². The fourth-order valence-electron chi connectivity index (χ4n) is 5.45. The number of hydrogen-bond donors (Lipinski definition) is 0. The highest BCUT2D eigenvalue weighted by molar-refractivity contribution is 5.38. The van der Waals surface area contributed by atoms with Crippen molar-refractivity contribution >= 4 is 0 Å². The fourth-order valence-corrected chi connectivity index (χ4v) is 5.45. The van der Waals surface area contributed by atoms with Crippen molar-refractivity contribution in [3.05, 3.63) is 59.7 Å². The lowest BCUT2D eigenvalue weighted by Gasteiger charge is -2.19. The van der Waals surface area contributed by atoms with Crippen LogP contribution in [0.1, 0.15) is 146 Å². The van der Waals surface area contributed by atoms with Crippen LogP contribution in [0.25, 0.3) is 0 Å². The fraction of sp³-hybridized carbons (Fsp3) is 0.657. The van der Waals surface area contributed by atoms with E-state index in [0.29, 0.717) is 5.92 Å². The summed E-state index contributed by atoms with van der Waals surface area (Å²) in [4.78, 5) is 0. The SMILES string of the molecule is CCCCCCCCCCCCCCCCCCCCC(c1ccc(OC)cc1)c1ccc(OC)cc1. The second-order valence-electron chi connectivity index (χ2n) is 10.9. The van der Waals surface area contributed by atoms with Gasteiger partial charge in [0.2, 0.25) is 0 Å². The Labute approximate surface area is 229 Å². The highest BCUT2D eigenvalue weighted by Crippen LogP contribution is 2.32. The minimum absolute atomic E-state index is 0.429. The van der Waals surface area contributed by atoms with Crippen LogP contribution in [0.15, 0.2) is 48.5 Å². The summed E-state index contributed by atoms with van der Waals surface area (Å²) in [6.45, 7) is 2.30. The van der Waals surface area contributed by atoms with Crippen LogP contribution in [0.3, 0.4) is 0 Å². The van der Waals surface area contributed by atoms with Gasteiger partial charge < -0.3 is 9.47 Å². The standard InChI is InChI=1S/C35H56O2/c1-4-5-6-7-8-9-10-11-12-13-14-15-16-17-18-19-20-21-22-35(31-23-27-33(36-2)28-24-31)32-25-29-34(37-3)30-26-32/h23-30,35H,4-22H2,1-3H3. The van der Waals surface area contributed by atoms with Crippen LogP contribution in [-0.4, -0.2) is 14.2 Å². The van der Waals surface area contributed by atoms with Crippen LogP contribution in [0.5, 0.6) is 11.5 Å². The van der Waals surface area contributed by atoms with E-state index in [0.717, 1.165) is 11.5 Å². The molecular formula is C35H56O2. The Balaban J connectivity index is 1.53. The van der Waals surface area contributed by atoms with Gasteiger partial charge in [0.15, 0.2) is 0 Å².